The van der Waals surface area contributed by atoms with E-state index in [1.807, 2.05) is 0 Å². The standard InChI is InChI=1S/C15H23N3.C2H2O4/c1-2-4-14(5-3-1)17-10-12-18(13-11-17)15-6-8-16-9-7-15;3-1(4)2(5)6/h1-5,15-16H,6-13H2;(H,3,4)(H,5,6). The first-order chi connectivity index (χ1) is 11.6. The molecule has 0 saturated carbocycles. The van der Waals surface area contributed by atoms with Crippen LogP contribution < -0.4 is 10.2 Å². The van der Waals surface area contributed by atoms with Gasteiger partial charge in [0.15, 0.2) is 0 Å². The van der Waals surface area contributed by atoms with Crippen LogP contribution in [0.25, 0.3) is 0 Å². The van der Waals surface area contributed by atoms with Gasteiger partial charge in [-0.15, -0.1) is 0 Å². The Morgan fingerprint density at radius 2 is 1.46 bits per heavy atom. The Bertz CT molecular complexity index is 512. The molecule has 2 aliphatic rings. The third-order valence-corrected chi connectivity index (χ3v) is 4.44. The van der Waals surface area contributed by atoms with Crippen molar-refractivity contribution >= 4 is 17.6 Å². The van der Waals surface area contributed by atoms with Crippen LogP contribution in [0.3, 0.4) is 0 Å². The number of carboxylic acids is 2. The van der Waals surface area contributed by atoms with E-state index in [9.17, 15) is 0 Å². The molecule has 0 atom stereocenters. The summed E-state index contributed by atoms with van der Waals surface area (Å²) in [6, 6.07) is 11.6. The third-order valence-electron chi connectivity index (χ3n) is 4.44. The summed E-state index contributed by atoms with van der Waals surface area (Å²) in [4.78, 5) is 23.4. The molecule has 3 rings (SSSR count). The molecule has 132 valence electrons. The van der Waals surface area contributed by atoms with Crippen LogP contribution in [0, 0.1) is 0 Å². The van der Waals surface area contributed by atoms with E-state index in [0.717, 1.165) is 6.04 Å². The van der Waals surface area contributed by atoms with E-state index in [0.29, 0.717) is 0 Å². The first-order valence-corrected chi connectivity index (χ1v) is 8.29. The number of piperidine rings is 1. The van der Waals surface area contributed by atoms with Gasteiger partial charge in [0.05, 0.1) is 0 Å². The van der Waals surface area contributed by atoms with Gasteiger partial charge in [0.25, 0.3) is 0 Å². The van der Waals surface area contributed by atoms with E-state index in [2.05, 4.69) is 45.4 Å². The van der Waals surface area contributed by atoms with Crippen molar-refractivity contribution in [1.82, 2.24) is 10.2 Å². The summed E-state index contributed by atoms with van der Waals surface area (Å²) in [6.07, 6.45) is 2.65. The van der Waals surface area contributed by atoms with Gasteiger partial charge in [-0.05, 0) is 38.1 Å². The number of nitrogens with zero attached hydrogens (tertiary/aromatic N) is 2. The van der Waals surface area contributed by atoms with Gasteiger partial charge in [-0.2, -0.15) is 0 Å². The van der Waals surface area contributed by atoms with Crippen molar-refractivity contribution in [3.8, 4) is 0 Å². The van der Waals surface area contributed by atoms with Crippen LogP contribution in [0.2, 0.25) is 0 Å². The highest BCUT2D eigenvalue weighted by molar-refractivity contribution is 6.27. The molecule has 7 nitrogen and oxygen atoms in total. The highest BCUT2D eigenvalue weighted by atomic mass is 16.4. The maximum Gasteiger partial charge on any atom is 0.414 e. The van der Waals surface area contributed by atoms with Crippen LogP contribution >= 0.6 is 0 Å². The topological polar surface area (TPSA) is 93.1 Å². The fourth-order valence-electron chi connectivity index (χ4n) is 3.16. The molecule has 2 aliphatic heterocycles. The number of piperazine rings is 1. The Hall–Kier alpha value is -2.12. The van der Waals surface area contributed by atoms with Gasteiger partial charge in [0, 0.05) is 37.9 Å². The van der Waals surface area contributed by atoms with Gasteiger partial charge >= 0.3 is 11.9 Å². The Kier molecular flexibility index (Phi) is 7.02. The molecule has 1 aromatic rings. The molecule has 2 heterocycles. The van der Waals surface area contributed by atoms with E-state index in [1.54, 1.807) is 0 Å². The second-order valence-electron chi connectivity index (χ2n) is 5.95. The number of carboxylic acid groups (broad SMARTS) is 2. The van der Waals surface area contributed by atoms with E-state index < -0.39 is 11.9 Å². The number of rotatable bonds is 2. The molecule has 0 unspecified atom stereocenters. The minimum atomic E-state index is -1.82. The molecule has 7 heteroatoms. The largest absolute Gasteiger partial charge is 0.473 e. The van der Waals surface area contributed by atoms with Crippen LogP contribution in [0.15, 0.2) is 30.3 Å². The fraction of sp³-hybridized carbons (Fsp3) is 0.529. The summed E-state index contributed by atoms with van der Waals surface area (Å²) in [6.45, 7) is 7.19. The molecule has 0 aromatic heterocycles. The van der Waals surface area contributed by atoms with Crippen molar-refractivity contribution in [1.29, 1.82) is 0 Å². The molecule has 0 aliphatic carbocycles. The molecule has 24 heavy (non-hydrogen) atoms. The van der Waals surface area contributed by atoms with Gasteiger partial charge in [-0.25, -0.2) is 9.59 Å². The highest BCUT2D eigenvalue weighted by Gasteiger charge is 2.24. The molecule has 0 amide bonds. The summed E-state index contributed by atoms with van der Waals surface area (Å²) < 4.78 is 0. The van der Waals surface area contributed by atoms with E-state index in [-0.39, 0.29) is 0 Å². The number of carbonyl (C=O) groups is 2. The van der Waals surface area contributed by atoms with E-state index in [1.165, 1.54) is 57.8 Å². The van der Waals surface area contributed by atoms with E-state index >= 15 is 0 Å². The zero-order valence-corrected chi connectivity index (χ0v) is 13.7. The predicted molar refractivity (Wildman–Crippen MR) is 91.4 cm³/mol. The zero-order valence-electron chi connectivity index (χ0n) is 13.7. The normalized spacial score (nSPS) is 19.2. The number of aliphatic carboxylic acids is 2. The number of para-hydroxylation sites is 1. The molecule has 0 spiro atoms. The minimum Gasteiger partial charge on any atom is -0.473 e. The van der Waals surface area contributed by atoms with Crippen LogP contribution in [0.5, 0.6) is 0 Å². The second kappa shape index (κ2) is 9.24. The van der Waals surface area contributed by atoms with Crippen molar-refractivity contribution < 1.29 is 19.8 Å². The quantitative estimate of drug-likeness (QED) is 0.686. The summed E-state index contributed by atoms with van der Waals surface area (Å²) >= 11 is 0. The second-order valence-corrected chi connectivity index (χ2v) is 5.95. The van der Waals surface area contributed by atoms with Gasteiger partial charge < -0.3 is 20.4 Å². The van der Waals surface area contributed by atoms with Gasteiger partial charge in [-0.3, -0.25) is 4.90 Å². The molecule has 2 saturated heterocycles. The molecule has 2 fully saturated rings. The molecule has 0 radical (unpaired) electrons. The SMILES string of the molecule is O=C(O)C(=O)O.c1ccc(N2CCN(C3CCNCC3)CC2)cc1. The first kappa shape index (κ1) is 18.2. The first-order valence-electron chi connectivity index (χ1n) is 8.29. The van der Waals surface area contributed by atoms with Crippen LogP contribution in [-0.2, 0) is 9.59 Å². The molecule has 3 N–H and O–H groups in total. The highest BCUT2D eigenvalue weighted by Crippen LogP contribution is 2.19. The molecule has 0 bridgehead atoms. The van der Waals surface area contributed by atoms with Gasteiger partial charge in [-0.1, -0.05) is 18.2 Å². The predicted octanol–water partition coefficient (Wildman–Crippen LogP) is 0.716. The number of hydrogen-bond acceptors (Lipinski definition) is 5. The lowest BCUT2D eigenvalue weighted by atomic mass is 10.0. The zero-order chi connectivity index (χ0) is 17.4. The van der Waals surface area contributed by atoms with Crippen molar-refractivity contribution in [2.45, 2.75) is 18.9 Å². The third kappa shape index (κ3) is 5.50. The molecule has 1 aromatic carbocycles. The van der Waals surface area contributed by atoms with Crippen LogP contribution in [-0.4, -0.2) is 72.4 Å². The van der Waals surface area contributed by atoms with Gasteiger partial charge in [0.2, 0.25) is 0 Å². The van der Waals surface area contributed by atoms with E-state index in [4.69, 9.17) is 19.8 Å². The number of hydrogen-bond donors (Lipinski definition) is 3. The number of benzene rings is 1. The lowest BCUT2D eigenvalue weighted by Gasteiger charge is -2.41. The minimum absolute atomic E-state index is 0.823. The summed E-state index contributed by atoms with van der Waals surface area (Å²) in [5.74, 6) is -3.65. The van der Waals surface area contributed by atoms with Crippen molar-refractivity contribution in [2.75, 3.05) is 44.2 Å². The van der Waals surface area contributed by atoms with Gasteiger partial charge in [0.1, 0.15) is 0 Å². The lowest BCUT2D eigenvalue weighted by Crippen LogP contribution is -2.52. The summed E-state index contributed by atoms with van der Waals surface area (Å²) in [5.41, 5.74) is 1.38. The number of anilines is 1. The Labute approximate surface area is 141 Å². The maximum absolute atomic E-state index is 9.10. The average Bonchev–Trinajstić information content (AvgIpc) is 2.64. The summed E-state index contributed by atoms with van der Waals surface area (Å²) in [5, 5.41) is 18.2. The number of nitrogens with one attached hydrogen (secondary N) is 1. The average molecular weight is 335 g/mol. The van der Waals surface area contributed by atoms with Crippen molar-refractivity contribution in [3.63, 3.8) is 0 Å². The Balaban J connectivity index is 0.000000301. The smallest absolute Gasteiger partial charge is 0.414 e. The molecular weight excluding hydrogens is 310 g/mol. The lowest BCUT2D eigenvalue weighted by molar-refractivity contribution is -0.159. The van der Waals surface area contributed by atoms with Crippen molar-refractivity contribution in [2.24, 2.45) is 0 Å². The monoisotopic (exact) mass is 335 g/mol. The van der Waals surface area contributed by atoms with Crippen LogP contribution in [0.1, 0.15) is 12.8 Å². The maximum atomic E-state index is 9.10. The summed E-state index contributed by atoms with van der Waals surface area (Å²) in [7, 11) is 0. The molecular formula is C17H25N3O4. The Morgan fingerprint density at radius 3 is 1.96 bits per heavy atom. The fourth-order valence-corrected chi connectivity index (χ4v) is 3.16. The Morgan fingerprint density at radius 1 is 0.917 bits per heavy atom. The van der Waals surface area contributed by atoms with Crippen molar-refractivity contribution in [3.05, 3.63) is 30.3 Å². The van der Waals surface area contributed by atoms with Crippen LogP contribution in [0.4, 0.5) is 5.69 Å².